The van der Waals surface area contributed by atoms with Crippen LogP contribution in [0.5, 0.6) is 11.5 Å². The Hall–Kier alpha value is -0.910. The molecule has 5 heteroatoms. The van der Waals surface area contributed by atoms with Gasteiger partial charge in [0.1, 0.15) is 11.5 Å². The molecular weight excluding hydrogens is 260 g/mol. The van der Waals surface area contributed by atoms with Gasteiger partial charge in [-0.15, -0.1) is 0 Å². The zero-order chi connectivity index (χ0) is 14.3. The molecule has 19 heavy (non-hydrogen) atoms. The first kappa shape index (κ1) is 16.1. The van der Waals surface area contributed by atoms with Crippen molar-refractivity contribution >= 4 is 11.8 Å². The highest BCUT2D eigenvalue weighted by atomic mass is 32.2. The fourth-order valence-corrected chi connectivity index (χ4v) is 2.88. The molecule has 1 unspecified atom stereocenters. The van der Waals surface area contributed by atoms with Crippen LogP contribution in [0.2, 0.25) is 0 Å². The number of nitrogens with two attached hydrogens (primary N) is 1. The molecule has 1 aromatic carbocycles. The molecule has 0 aromatic heterocycles. The van der Waals surface area contributed by atoms with Crippen LogP contribution in [0.3, 0.4) is 0 Å². The van der Waals surface area contributed by atoms with Crippen LogP contribution >= 0.6 is 11.8 Å². The van der Waals surface area contributed by atoms with Crippen LogP contribution in [-0.4, -0.2) is 25.7 Å². The van der Waals surface area contributed by atoms with E-state index in [-0.39, 0.29) is 6.04 Å². The number of thioether (sulfide) groups is 1. The molecule has 1 aromatic rings. The van der Waals surface area contributed by atoms with Crippen LogP contribution in [0, 0.1) is 5.92 Å². The molecule has 0 amide bonds. The van der Waals surface area contributed by atoms with Crippen molar-refractivity contribution in [2.24, 2.45) is 11.8 Å². The molecule has 0 aliphatic carbocycles. The average Bonchev–Trinajstić information content (AvgIpc) is 2.42. The van der Waals surface area contributed by atoms with Gasteiger partial charge in [0.05, 0.1) is 20.3 Å². The summed E-state index contributed by atoms with van der Waals surface area (Å²) in [6.45, 7) is 4.42. The fraction of sp³-hybridized carbons (Fsp3) is 0.571. The van der Waals surface area contributed by atoms with Gasteiger partial charge in [-0.2, -0.15) is 11.8 Å². The maximum Gasteiger partial charge on any atom is 0.123 e. The summed E-state index contributed by atoms with van der Waals surface area (Å²) in [4.78, 5) is 0. The van der Waals surface area contributed by atoms with Gasteiger partial charge in [-0.25, -0.2) is 0 Å². The number of nitrogens with one attached hydrogen (secondary N) is 1. The fourth-order valence-electron chi connectivity index (χ4n) is 1.76. The molecule has 108 valence electrons. The van der Waals surface area contributed by atoms with E-state index in [9.17, 15) is 0 Å². The first-order valence-electron chi connectivity index (χ1n) is 6.38. The van der Waals surface area contributed by atoms with Crippen molar-refractivity contribution < 1.29 is 9.47 Å². The Morgan fingerprint density at radius 3 is 2.47 bits per heavy atom. The Morgan fingerprint density at radius 1 is 1.21 bits per heavy atom. The van der Waals surface area contributed by atoms with Crippen molar-refractivity contribution in [1.29, 1.82) is 0 Å². The summed E-state index contributed by atoms with van der Waals surface area (Å²) in [7, 11) is 3.32. The Morgan fingerprint density at radius 2 is 1.95 bits per heavy atom. The minimum Gasteiger partial charge on any atom is -0.497 e. The number of rotatable bonds is 8. The predicted molar refractivity (Wildman–Crippen MR) is 81.8 cm³/mol. The van der Waals surface area contributed by atoms with Gasteiger partial charge in [0.25, 0.3) is 0 Å². The number of ether oxygens (including phenoxy) is 2. The predicted octanol–water partition coefficient (Wildman–Crippen LogP) is 2.60. The minimum absolute atomic E-state index is 0.0498. The highest BCUT2D eigenvalue weighted by molar-refractivity contribution is 7.99. The van der Waals surface area contributed by atoms with Crippen molar-refractivity contribution in [1.82, 2.24) is 5.43 Å². The molecule has 0 radical (unpaired) electrons. The zero-order valence-electron chi connectivity index (χ0n) is 12.1. The van der Waals surface area contributed by atoms with Gasteiger partial charge in [-0.05, 0) is 29.9 Å². The van der Waals surface area contributed by atoms with Gasteiger partial charge >= 0.3 is 0 Å². The Bertz CT molecular complexity index is 386. The summed E-state index contributed by atoms with van der Waals surface area (Å²) >= 11 is 1.88. The second kappa shape index (κ2) is 8.30. The lowest BCUT2D eigenvalue weighted by molar-refractivity contribution is 0.393. The van der Waals surface area contributed by atoms with E-state index in [1.165, 1.54) is 0 Å². The van der Waals surface area contributed by atoms with Crippen molar-refractivity contribution in [3.63, 3.8) is 0 Å². The monoisotopic (exact) mass is 284 g/mol. The highest BCUT2D eigenvalue weighted by Crippen LogP contribution is 2.31. The molecule has 0 aliphatic heterocycles. The molecule has 0 fully saturated rings. The molecule has 4 nitrogen and oxygen atoms in total. The number of hydrogen-bond acceptors (Lipinski definition) is 5. The van der Waals surface area contributed by atoms with Crippen LogP contribution in [0.25, 0.3) is 0 Å². The van der Waals surface area contributed by atoms with Crippen LogP contribution in [0.15, 0.2) is 18.2 Å². The molecule has 1 atom stereocenters. The molecule has 0 saturated heterocycles. The lowest BCUT2D eigenvalue weighted by atomic mass is 10.1. The van der Waals surface area contributed by atoms with Crippen LogP contribution in [0.4, 0.5) is 0 Å². The van der Waals surface area contributed by atoms with E-state index < -0.39 is 0 Å². The summed E-state index contributed by atoms with van der Waals surface area (Å²) < 4.78 is 10.7. The number of methoxy groups -OCH3 is 2. The SMILES string of the molecule is COc1ccc(OC)c(C(CSCC(C)C)NN)c1. The van der Waals surface area contributed by atoms with Gasteiger partial charge in [-0.3, -0.25) is 11.3 Å². The van der Waals surface area contributed by atoms with E-state index in [1.807, 2.05) is 30.0 Å². The molecule has 0 bridgehead atoms. The first-order chi connectivity index (χ1) is 9.12. The highest BCUT2D eigenvalue weighted by Gasteiger charge is 2.16. The van der Waals surface area contributed by atoms with Crippen molar-refractivity contribution in [3.05, 3.63) is 23.8 Å². The zero-order valence-corrected chi connectivity index (χ0v) is 12.9. The third-order valence-corrected chi connectivity index (χ3v) is 4.22. The second-order valence-electron chi connectivity index (χ2n) is 4.76. The second-order valence-corrected chi connectivity index (χ2v) is 5.83. The summed E-state index contributed by atoms with van der Waals surface area (Å²) in [5.74, 6) is 10.0. The maximum absolute atomic E-state index is 5.68. The lowest BCUT2D eigenvalue weighted by Crippen LogP contribution is -2.30. The first-order valence-corrected chi connectivity index (χ1v) is 7.53. The van der Waals surface area contributed by atoms with E-state index in [0.717, 1.165) is 28.6 Å². The van der Waals surface area contributed by atoms with Gasteiger partial charge in [0.15, 0.2) is 0 Å². The standard InChI is InChI=1S/C14H24N2O2S/c1-10(2)8-19-9-13(16-15)12-7-11(17-3)5-6-14(12)18-4/h5-7,10,13,16H,8-9,15H2,1-4H3. The van der Waals surface area contributed by atoms with Crippen LogP contribution in [-0.2, 0) is 0 Å². The van der Waals surface area contributed by atoms with Gasteiger partial charge in [0.2, 0.25) is 0 Å². The third kappa shape index (κ3) is 4.93. The average molecular weight is 284 g/mol. The van der Waals surface area contributed by atoms with E-state index in [2.05, 4.69) is 19.3 Å². The molecular formula is C14H24N2O2S. The normalized spacial score (nSPS) is 12.5. The van der Waals surface area contributed by atoms with E-state index in [1.54, 1.807) is 14.2 Å². The van der Waals surface area contributed by atoms with Crippen LogP contribution < -0.4 is 20.7 Å². The smallest absolute Gasteiger partial charge is 0.123 e. The Kier molecular flexibility index (Phi) is 7.05. The van der Waals surface area contributed by atoms with E-state index >= 15 is 0 Å². The molecule has 0 heterocycles. The summed E-state index contributed by atoms with van der Waals surface area (Å²) in [5, 5.41) is 0. The topological polar surface area (TPSA) is 56.5 Å². The quantitative estimate of drug-likeness (QED) is 0.567. The molecule has 3 N–H and O–H groups in total. The summed E-state index contributed by atoms with van der Waals surface area (Å²) in [6.07, 6.45) is 0. The van der Waals surface area contributed by atoms with Crippen molar-refractivity contribution in [2.45, 2.75) is 19.9 Å². The Balaban J connectivity index is 2.83. The lowest BCUT2D eigenvalue weighted by Gasteiger charge is -2.20. The van der Waals surface area contributed by atoms with E-state index in [4.69, 9.17) is 15.3 Å². The summed E-state index contributed by atoms with van der Waals surface area (Å²) in [5.41, 5.74) is 3.89. The number of hydrogen-bond donors (Lipinski definition) is 2. The van der Waals surface area contributed by atoms with Crippen molar-refractivity contribution in [3.8, 4) is 11.5 Å². The molecule has 0 spiro atoms. The van der Waals surface area contributed by atoms with Gasteiger partial charge in [-0.1, -0.05) is 13.8 Å². The summed E-state index contributed by atoms with van der Waals surface area (Å²) in [6, 6.07) is 5.82. The molecule has 1 rings (SSSR count). The largest absolute Gasteiger partial charge is 0.497 e. The maximum atomic E-state index is 5.68. The number of hydrazine groups is 1. The Labute approximate surface area is 120 Å². The van der Waals surface area contributed by atoms with Crippen molar-refractivity contribution in [2.75, 3.05) is 25.7 Å². The van der Waals surface area contributed by atoms with Gasteiger partial charge < -0.3 is 9.47 Å². The van der Waals surface area contributed by atoms with E-state index in [0.29, 0.717) is 5.92 Å². The molecule has 0 saturated carbocycles. The minimum atomic E-state index is 0.0498. The molecule has 0 aliphatic rings. The van der Waals surface area contributed by atoms with Gasteiger partial charge in [0, 0.05) is 11.3 Å². The number of benzene rings is 1. The third-order valence-electron chi connectivity index (χ3n) is 2.75. The van der Waals surface area contributed by atoms with Crippen LogP contribution in [0.1, 0.15) is 25.5 Å².